The third-order valence-corrected chi connectivity index (χ3v) is 10.2. The van der Waals surface area contributed by atoms with Gasteiger partial charge < -0.3 is 31.2 Å². The molecular formula is C36H40Cl2N10. The summed E-state index contributed by atoms with van der Waals surface area (Å²) in [5.74, 6) is 1.99. The highest BCUT2D eigenvalue weighted by Crippen LogP contribution is 2.31. The summed E-state index contributed by atoms with van der Waals surface area (Å²) in [5, 5.41) is 3.66. The molecular weight excluding hydrogens is 643 g/mol. The van der Waals surface area contributed by atoms with Crippen LogP contribution in [0.25, 0.3) is 22.1 Å². The highest BCUT2D eigenvalue weighted by molar-refractivity contribution is 6.30. The molecule has 0 atom stereocenters. The molecule has 2 aromatic carbocycles. The van der Waals surface area contributed by atoms with Crippen LogP contribution in [0.3, 0.4) is 0 Å². The lowest BCUT2D eigenvalue weighted by Crippen LogP contribution is -2.52. The van der Waals surface area contributed by atoms with Crippen molar-refractivity contribution < 1.29 is 0 Å². The van der Waals surface area contributed by atoms with Gasteiger partial charge in [-0.15, -0.1) is 0 Å². The van der Waals surface area contributed by atoms with Gasteiger partial charge >= 0.3 is 0 Å². The molecule has 6 N–H and O–H groups in total. The second-order valence-corrected chi connectivity index (χ2v) is 14.1. The van der Waals surface area contributed by atoms with E-state index in [1.807, 2.05) is 48.8 Å². The molecule has 2 fully saturated rings. The van der Waals surface area contributed by atoms with Crippen LogP contribution in [0.5, 0.6) is 0 Å². The Balaban J connectivity index is 0.000000152. The number of nitrogens with one attached hydrogen (secondary N) is 2. The molecule has 2 saturated heterocycles. The van der Waals surface area contributed by atoms with Crippen LogP contribution >= 0.6 is 23.2 Å². The predicted molar refractivity (Wildman–Crippen MR) is 195 cm³/mol. The number of H-pyrrole nitrogens is 2. The third kappa shape index (κ3) is 7.27. The van der Waals surface area contributed by atoms with Crippen LogP contribution < -0.4 is 21.3 Å². The number of halogens is 2. The van der Waals surface area contributed by atoms with E-state index in [0.29, 0.717) is 0 Å². The summed E-state index contributed by atoms with van der Waals surface area (Å²) >= 11 is 11.9. The molecule has 0 saturated carbocycles. The fraction of sp³-hybridized carbons (Fsp3) is 0.333. The Morgan fingerprint density at radius 3 is 1.31 bits per heavy atom. The van der Waals surface area contributed by atoms with Crippen molar-refractivity contribution in [3.05, 3.63) is 107 Å². The monoisotopic (exact) mass is 682 g/mol. The van der Waals surface area contributed by atoms with Crippen LogP contribution in [0.15, 0.2) is 85.7 Å². The number of aromatic nitrogens is 6. The highest BCUT2D eigenvalue weighted by atomic mass is 35.5. The summed E-state index contributed by atoms with van der Waals surface area (Å²) in [6.07, 6.45) is 12.5. The zero-order valence-corrected chi connectivity index (χ0v) is 28.3. The quantitative estimate of drug-likeness (QED) is 0.160. The van der Waals surface area contributed by atoms with Crippen LogP contribution in [-0.2, 0) is 12.8 Å². The molecule has 2 aliphatic rings. The molecule has 10 nitrogen and oxygen atoms in total. The molecule has 6 heterocycles. The molecule has 48 heavy (non-hydrogen) atoms. The molecule has 8 rings (SSSR count). The Hall–Kier alpha value is -4.22. The van der Waals surface area contributed by atoms with Crippen molar-refractivity contribution in [2.24, 2.45) is 11.5 Å². The number of benzene rings is 2. The van der Waals surface area contributed by atoms with Gasteiger partial charge in [-0.2, -0.15) is 0 Å². The van der Waals surface area contributed by atoms with Gasteiger partial charge in [0, 0.05) is 59.7 Å². The van der Waals surface area contributed by atoms with Gasteiger partial charge in [0.25, 0.3) is 0 Å². The smallest absolute Gasteiger partial charge is 0.142 e. The number of fused-ring (bicyclic) bond motifs is 2. The minimum absolute atomic E-state index is 0.172. The van der Waals surface area contributed by atoms with Crippen LogP contribution in [0, 0.1) is 0 Å². The zero-order chi connectivity index (χ0) is 33.1. The van der Waals surface area contributed by atoms with Crippen LogP contribution in [0.4, 0.5) is 11.6 Å². The van der Waals surface area contributed by atoms with Crippen molar-refractivity contribution in [2.45, 2.75) is 49.6 Å². The van der Waals surface area contributed by atoms with E-state index in [1.54, 1.807) is 12.7 Å². The summed E-state index contributed by atoms with van der Waals surface area (Å²) < 4.78 is 0. The molecule has 6 aromatic rings. The normalized spacial score (nSPS) is 17.3. The third-order valence-electron chi connectivity index (χ3n) is 9.72. The minimum Gasteiger partial charge on any atom is -0.356 e. The first-order chi connectivity index (χ1) is 23.3. The van der Waals surface area contributed by atoms with Gasteiger partial charge in [0.1, 0.15) is 35.6 Å². The van der Waals surface area contributed by atoms with E-state index in [-0.39, 0.29) is 11.1 Å². The molecule has 0 aliphatic carbocycles. The van der Waals surface area contributed by atoms with Gasteiger partial charge in [0.15, 0.2) is 0 Å². The predicted octanol–water partition coefficient (Wildman–Crippen LogP) is 6.30. The number of nitrogens with zero attached hydrogens (tertiary/aromatic N) is 6. The van der Waals surface area contributed by atoms with Crippen molar-refractivity contribution in [2.75, 3.05) is 36.0 Å². The number of hydrogen-bond acceptors (Lipinski definition) is 8. The number of hydrogen-bond donors (Lipinski definition) is 4. The first kappa shape index (κ1) is 32.3. The Morgan fingerprint density at radius 1 is 0.562 bits per heavy atom. The standard InChI is InChI=1S/2C18H20ClN5/c2*19-14-3-1-13(2-4-14)11-18(20)6-9-24(10-7-18)17-15-5-8-21-16(15)22-12-23-17/h2*1-5,8,12H,6-7,9-11,20H2,(H,21,22,23). The van der Waals surface area contributed by atoms with Crippen molar-refractivity contribution in [3.8, 4) is 0 Å². The highest BCUT2D eigenvalue weighted by Gasteiger charge is 2.33. The first-order valence-corrected chi connectivity index (χ1v) is 17.1. The second kappa shape index (κ2) is 13.7. The van der Waals surface area contributed by atoms with Crippen LogP contribution in [-0.4, -0.2) is 67.2 Å². The number of anilines is 2. The van der Waals surface area contributed by atoms with Gasteiger partial charge in [-0.3, -0.25) is 0 Å². The molecule has 0 spiro atoms. The summed E-state index contributed by atoms with van der Waals surface area (Å²) in [7, 11) is 0. The van der Waals surface area contributed by atoms with E-state index in [1.165, 1.54) is 11.1 Å². The molecule has 0 radical (unpaired) electrons. The molecule has 0 unspecified atom stereocenters. The Kier molecular flexibility index (Phi) is 9.24. The first-order valence-electron chi connectivity index (χ1n) is 16.4. The SMILES string of the molecule is NC1(Cc2ccc(Cl)cc2)CCN(c2ncnc3[nH]ccc23)CC1.NC1(Cc2ccc(Cl)cc2)CCN(c2ncnc3[nH]ccc23)CC1. The largest absolute Gasteiger partial charge is 0.356 e. The van der Waals surface area contributed by atoms with E-state index in [4.69, 9.17) is 34.7 Å². The van der Waals surface area contributed by atoms with Crippen molar-refractivity contribution in [1.29, 1.82) is 0 Å². The van der Waals surface area contributed by atoms with Crippen molar-refractivity contribution in [3.63, 3.8) is 0 Å². The van der Waals surface area contributed by atoms with Gasteiger partial charge in [0.05, 0.1) is 10.8 Å². The molecule has 2 aliphatic heterocycles. The Bertz CT molecular complexity index is 1810. The van der Waals surface area contributed by atoms with Gasteiger partial charge in [-0.25, -0.2) is 19.9 Å². The number of aromatic amines is 2. The molecule has 0 amide bonds. The number of nitrogens with two attached hydrogens (primary N) is 2. The topological polar surface area (TPSA) is 142 Å². The molecule has 248 valence electrons. The summed E-state index contributed by atoms with van der Waals surface area (Å²) in [6.45, 7) is 3.62. The maximum Gasteiger partial charge on any atom is 0.142 e. The molecule has 0 bridgehead atoms. The van der Waals surface area contributed by atoms with E-state index in [2.05, 4.69) is 64.0 Å². The summed E-state index contributed by atoms with van der Waals surface area (Å²) in [5.41, 5.74) is 17.2. The van der Waals surface area contributed by atoms with Crippen molar-refractivity contribution in [1.82, 2.24) is 29.9 Å². The number of rotatable bonds is 6. The van der Waals surface area contributed by atoms with E-state index < -0.39 is 0 Å². The van der Waals surface area contributed by atoms with Crippen molar-refractivity contribution >= 4 is 56.9 Å². The second-order valence-electron chi connectivity index (χ2n) is 13.2. The Labute approximate surface area is 289 Å². The maximum atomic E-state index is 6.66. The zero-order valence-electron chi connectivity index (χ0n) is 26.7. The van der Waals surface area contributed by atoms with E-state index >= 15 is 0 Å². The lowest BCUT2D eigenvalue weighted by molar-refractivity contribution is 0.330. The maximum absolute atomic E-state index is 6.66. The number of piperidine rings is 2. The minimum atomic E-state index is -0.172. The lowest BCUT2D eigenvalue weighted by atomic mass is 9.83. The molecule has 4 aromatic heterocycles. The summed E-state index contributed by atoms with van der Waals surface area (Å²) in [6, 6.07) is 20.0. The lowest BCUT2D eigenvalue weighted by Gasteiger charge is -2.40. The average Bonchev–Trinajstić information content (AvgIpc) is 3.78. The van der Waals surface area contributed by atoms with Crippen LogP contribution in [0.2, 0.25) is 10.0 Å². The fourth-order valence-electron chi connectivity index (χ4n) is 6.92. The Morgan fingerprint density at radius 2 is 0.938 bits per heavy atom. The van der Waals surface area contributed by atoms with Gasteiger partial charge in [-0.05, 0) is 86.1 Å². The van der Waals surface area contributed by atoms with Gasteiger partial charge in [0.2, 0.25) is 0 Å². The average molecular weight is 684 g/mol. The fourth-order valence-corrected chi connectivity index (χ4v) is 7.17. The van der Waals surface area contributed by atoms with E-state index in [9.17, 15) is 0 Å². The summed E-state index contributed by atoms with van der Waals surface area (Å²) in [4.78, 5) is 28.4. The molecule has 12 heteroatoms. The van der Waals surface area contributed by atoms with Gasteiger partial charge in [-0.1, -0.05) is 47.5 Å². The van der Waals surface area contributed by atoms with Crippen LogP contribution in [0.1, 0.15) is 36.8 Å². The van der Waals surface area contributed by atoms with E-state index in [0.717, 1.165) is 108 Å².